The lowest BCUT2D eigenvalue weighted by Gasteiger charge is -2.04. The first-order valence-electron chi connectivity index (χ1n) is 3.65. The van der Waals surface area contributed by atoms with E-state index in [9.17, 15) is 14.3 Å². The molecule has 0 saturated heterocycles. The molecular formula is C9H8BrFO2. The van der Waals surface area contributed by atoms with Crippen LogP contribution in [0.5, 0.6) is 5.75 Å². The van der Waals surface area contributed by atoms with Gasteiger partial charge in [-0.3, -0.25) is 4.79 Å². The molecule has 0 bridgehead atoms. The van der Waals surface area contributed by atoms with Crippen molar-refractivity contribution in [1.82, 2.24) is 0 Å². The molecular weight excluding hydrogens is 239 g/mol. The van der Waals surface area contributed by atoms with Gasteiger partial charge in [0.05, 0.1) is 10.9 Å². The van der Waals surface area contributed by atoms with Crippen LogP contribution >= 0.6 is 15.9 Å². The Hall–Kier alpha value is -0.900. The smallest absolute Gasteiger partial charge is 0.177 e. The summed E-state index contributed by atoms with van der Waals surface area (Å²) in [6, 6.07) is 2.88. The van der Waals surface area contributed by atoms with E-state index in [0.717, 1.165) is 0 Å². The first-order valence-corrected chi connectivity index (χ1v) is 4.77. The van der Waals surface area contributed by atoms with Crippen LogP contribution in [0.3, 0.4) is 0 Å². The van der Waals surface area contributed by atoms with Gasteiger partial charge in [-0.25, -0.2) is 4.39 Å². The maximum Gasteiger partial charge on any atom is 0.177 e. The van der Waals surface area contributed by atoms with Crippen LogP contribution in [0.4, 0.5) is 4.39 Å². The van der Waals surface area contributed by atoms with Crippen molar-refractivity contribution in [1.29, 1.82) is 0 Å². The number of phenolic OH excluding ortho intramolecular Hbond substituents is 1. The standard InChI is InChI=1S/C9H8BrFO2/c1-5-2-3-6(7(12)4-10)9(13)8(5)11/h2-3,13H,4H2,1H3. The van der Waals surface area contributed by atoms with Crippen LogP contribution in [0.2, 0.25) is 0 Å². The molecule has 1 aromatic carbocycles. The van der Waals surface area contributed by atoms with Crippen molar-refractivity contribution >= 4 is 21.7 Å². The fourth-order valence-corrected chi connectivity index (χ4v) is 1.26. The van der Waals surface area contributed by atoms with Crippen LogP contribution in [0.1, 0.15) is 15.9 Å². The molecule has 0 aliphatic rings. The highest BCUT2D eigenvalue weighted by Crippen LogP contribution is 2.24. The van der Waals surface area contributed by atoms with Crippen molar-refractivity contribution in [3.05, 3.63) is 29.1 Å². The Balaban J connectivity index is 3.26. The molecule has 1 aromatic rings. The number of ketones is 1. The van der Waals surface area contributed by atoms with Gasteiger partial charge in [0.25, 0.3) is 0 Å². The topological polar surface area (TPSA) is 37.3 Å². The molecule has 0 unspecified atom stereocenters. The number of aromatic hydroxyl groups is 1. The van der Waals surface area contributed by atoms with E-state index in [1.165, 1.54) is 19.1 Å². The van der Waals surface area contributed by atoms with Crippen molar-refractivity contribution in [2.24, 2.45) is 0 Å². The van der Waals surface area contributed by atoms with Gasteiger partial charge in [-0.05, 0) is 18.6 Å². The van der Waals surface area contributed by atoms with E-state index in [-0.39, 0.29) is 16.7 Å². The van der Waals surface area contributed by atoms with Gasteiger partial charge < -0.3 is 5.11 Å². The summed E-state index contributed by atoms with van der Waals surface area (Å²) in [7, 11) is 0. The number of aryl methyl sites for hydroxylation is 1. The zero-order valence-electron chi connectivity index (χ0n) is 6.97. The highest BCUT2D eigenvalue weighted by atomic mass is 79.9. The Kier molecular flexibility index (Phi) is 3.03. The van der Waals surface area contributed by atoms with Crippen molar-refractivity contribution in [2.45, 2.75) is 6.92 Å². The van der Waals surface area contributed by atoms with E-state index in [0.29, 0.717) is 5.56 Å². The van der Waals surface area contributed by atoms with Gasteiger partial charge >= 0.3 is 0 Å². The molecule has 1 N–H and O–H groups in total. The molecule has 70 valence electrons. The van der Waals surface area contributed by atoms with Gasteiger partial charge in [-0.2, -0.15) is 0 Å². The van der Waals surface area contributed by atoms with Gasteiger partial charge in [0.1, 0.15) is 0 Å². The molecule has 0 amide bonds. The minimum Gasteiger partial charge on any atom is -0.504 e. The fraction of sp³-hybridized carbons (Fsp3) is 0.222. The van der Waals surface area contributed by atoms with Crippen molar-refractivity contribution in [3.63, 3.8) is 0 Å². The average Bonchev–Trinajstić information content (AvgIpc) is 2.13. The quantitative estimate of drug-likeness (QED) is 0.643. The summed E-state index contributed by atoms with van der Waals surface area (Å²) in [6.45, 7) is 1.53. The Morgan fingerprint density at radius 3 is 2.77 bits per heavy atom. The third-order valence-corrected chi connectivity index (χ3v) is 2.24. The van der Waals surface area contributed by atoms with Gasteiger partial charge in [-0.1, -0.05) is 22.0 Å². The largest absolute Gasteiger partial charge is 0.504 e. The number of hydrogen-bond acceptors (Lipinski definition) is 2. The van der Waals surface area contributed by atoms with Crippen LogP contribution in [0, 0.1) is 12.7 Å². The molecule has 0 aliphatic carbocycles. The zero-order chi connectivity index (χ0) is 10.0. The second-order valence-corrected chi connectivity index (χ2v) is 3.21. The third-order valence-electron chi connectivity index (χ3n) is 1.73. The molecule has 0 fully saturated rings. The van der Waals surface area contributed by atoms with Crippen molar-refractivity contribution < 1.29 is 14.3 Å². The molecule has 0 saturated carbocycles. The molecule has 0 aromatic heterocycles. The average molecular weight is 247 g/mol. The van der Waals surface area contributed by atoms with E-state index in [2.05, 4.69) is 15.9 Å². The molecule has 13 heavy (non-hydrogen) atoms. The summed E-state index contributed by atoms with van der Waals surface area (Å²) in [5, 5.41) is 9.34. The van der Waals surface area contributed by atoms with E-state index in [4.69, 9.17) is 0 Å². The highest BCUT2D eigenvalue weighted by Gasteiger charge is 2.14. The number of halogens is 2. The monoisotopic (exact) mass is 246 g/mol. The summed E-state index contributed by atoms with van der Waals surface area (Å²) in [4.78, 5) is 11.1. The van der Waals surface area contributed by atoms with Crippen LogP contribution in [0.15, 0.2) is 12.1 Å². The zero-order valence-corrected chi connectivity index (χ0v) is 8.56. The molecule has 2 nitrogen and oxygen atoms in total. The normalized spacial score (nSPS) is 10.1. The predicted octanol–water partition coefficient (Wildman–Crippen LogP) is 2.42. The third kappa shape index (κ3) is 1.88. The van der Waals surface area contributed by atoms with Crippen LogP contribution < -0.4 is 0 Å². The summed E-state index contributed by atoms with van der Waals surface area (Å²) >= 11 is 2.95. The molecule has 0 aliphatic heterocycles. The Morgan fingerprint density at radius 1 is 1.62 bits per heavy atom. The second kappa shape index (κ2) is 3.87. The SMILES string of the molecule is Cc1ccc(C(=O)CBr)c(O)c1F. The molecule has 0 atom stereocenters. The van der Waals surface area contributed by atoms with Crippen molar-refractivity contribution in [2.75, 3.05) is 5.33 Å². The molecule has 1 rings (SSSR count). The van der Waals surface area contributed by atoms with Gasteiger partial charge in [0, 0.05) is 0 Å². The Morgan fingerprint density at radius 2 is 2.23 bits per heavy atom. The number of carbonyl (C=O) groups excluding carboxylic acids is 1. The Labute approximate surface area is 83.5 Å². The Bertz CT molecular complexity index is 350. The maximum absolute atomic E-state index is 13.1. The lowest BCUT2D eigenvalue weighted by Crippen LogP contribution is -2.02. The minimum absolute atomic E-state index is 0.0139. The van der Waals surface area contributed by atoms with Crippen LogP contribution in [-0.4, -0.2) is 16.2 Å². The highest BCUT2D eigenvalue weighted by molar-refractivity contribution is 9.09. The van der Waals surface area contributed by atoms with E-state index in [1.54, 1.807) is 0 Å². The summed E-state index contributed by atoms with van der Waals surface area (Å²) < 4.78 is 13.1. The minimum atomic E-state index is -0.730. The van der Waals surface area contributed by atoms with E-state index >= 15 is 0 Å². The van der Waals surface area contributed by atoms with Crippen LogP contribution in [0.25, 0.3) is 0 Å². The molecule has 4 heteroatoms. The van der Waals surface area contributed by atoms with Gasteiger partial charge in [-0.15, -0.1) is 0 Å². The fourth-order valence-electron chi connectivity index (χ4n) is 0.962. The van der Waals surface area contributed by atoms with Crippen LogP contribution in [-0.2, 0) is 0 Å². The number of phenols is 1. The number of Topliss-reactive ketones (excluding diaryl/α,β-unsaturated/α-hetero) is 1. The summed E-state index contributed by atoms with van der Waals surface area (Å²) in [5.41, 5.74) is 0.337. The van der Waals surface area contributed by atoms with Crippen molar-refractivity contribution in [3.8, 4) is 5.75 Å². The summed E-state index contributed by atoms with van der Waals surface area (Å²) in [5.74, 6) is -1.63. The molecule has 0 radical (unpaired) electrons. The second-order valence-electron chi connectivity index (χ2n) is 2.65. The predicted molar refractivity (Wildman–Crippen MR) is 50.9 cm³/mol. The van der Waals surface area contributed by atoms with Gasteiger partial charge in [0.15, 0.2) is 17.3 Å². The summed E-state index contributed by atoms with van der Waals surface area (Å²) in [6.07, 6.45) is 0. The number of alkyl halides is 1. The number of benzene rings is 1. The van der Waals surface area contributed by atoms with E-state index < -0.39 is 11.6 Å². The number of carbonyl (C=O) groups is 1. The maximum atomic E-state index is 13.1. The first kappa shape index (κ1) is 10.2. The number of rotatable bonds is 2. The number of hydrogen-bond donors (Lipinski definition) is 1. The first-order chi connectivity index (χ1) is 6.07. The van der Waals surface area contributed by atoms with E-state index in [1.807, 2.05) is 0 Å². The lowest BCUT2D eigenvalue weighted by atomic mass is 10.1. The molecule has 0 heterocycles. The molecule has 0 spiro atoms. The van der Waals surface area contributed by atoms with Gasteiger partial charge in [0.2, 0.25) is 0 Å². The lowest BCUT2D eigenvalue weighted by molar-refractivity contribution is 0.102.